The van der Waals surface area contributed by atoms with Crippen molar-refractivity contribution in [1.82, 2.24) is 14.0 Å². The van der Waals surface area contributed by atoms with Crippen molar-refractivity contribution in [1.29, 1.82) is 5.26 Å². The Balaban J connectivity index is 2.22. The number of nitriles is 1. The first-order valence-electron chi connectivity index (χ1n) is 7.97. The number of unbranched alkanes of at least 4 members (excludes halogenated alkanes) is 1. The number of likely N-dealkylation sites (tertiary alicyclic amines) is 1. The summed E-state index contributed by atoms with van der Waals surface area (Å²) in [7, 11) is 0. The SMILES string of the molecule is CCCCn1c(=O)n(C2CN(C#N)C2)c(=O)c2cc(C)ccc21. The van der Waals surface area contributed by atoms with Crippen LogP contribution in [0.4, 0.5) is 0 Å². The van der Waals surface area contributed by atoms with Crippen molar-refractivity contribution in [2.75, 3.05) is 13.1 Å². The van der Waals surface area contributed by atoms with Crippen molar-refractivity contribution < 1.29 is 0 Å². The molecule has 0 radical (unpaired) electrons. The van der Waals surface area contributed by atoms with Crippen LogP contribution in [-0.4, -0.2) is 27.1 Å². The van der Waals surface area contributed by atoms with Crippen LogP contribution in [-0.2, 0) is 6.54 Å². The summed E-state index contributed by atoms with van der Waals surface area (Å²) >= 11 is 0. The molecule has 0 unspecified atom stereocenters. The van der Waals surface area contributed by atoms with Crippen LogP contribution >= 0.6 is 0 Å². The molecule has 1 aliphatic heterocycles. The van der Waals surface area contributed by atoms with E-state index < -0.39 is 0 Å². The summed E-state index contributed by atoms with van der Waals surface area (Å²) in [6.45, 7) is 5.47. The molecule has 6 nitrogen and oxygen atoms in total. The average molecular weight is 312 g/mol. The predicted octanol–water partition coefficient (Wildman–Crippen LogP) is 1.61. The summed E-state index contributed by atoms with van der Waals surface area (Å²) in [6, 6.07) is 5.41. The third kappa shape index (κ3) is 2.52. The number of benzene rings is 1. The molecule has 0 amide bonds. The average Bonchev–Trinajstić information content (AvgIpc) is 2.49. The lowest BCUT2D eigenvalue weighted by molar-refractivity contribution is 0.167. The van der Waals surface area contributed by atoms with Gasteiger partial charge in [0, 0.05) is 6.54 Å². The topological polar surface area (TPSA) is 71.0 Å². The van der Waals surface area contributed by atoms with E-state index >= 15 is 0 Å². The Morgan fingerprint density at radius 3 is 2.70 bits per heavy atom. The maximum atomic E-state index is 12.8. The zero-order chi connectivity index (χ0) is 16.6. The molecule has 0 spiro atoms. The minimum atomic E-state index is -0.262. The van der Waals surface area contributed by atoms with Gasteiger partial charge in [-0.2, -0.15) is 5.26 Å². The Bertz CT molecular complexity index is 898. The zero-order valence-electron chi connectivity index (χ0n) is 13.5. The standard InChI is InChI=1S/C17H20N4O2/c1-3-4-7-20-15-6-5-12(2)8-14(15)16(22)21(17(20)23)13-9-19(10-13)11-18/h5-6,8,13H,3-4,7,9-10H2,1-2H3. The molecule has 0 aliphatic carbocycles. The summed E-state index contributed by atoms with van der Waals surface area (Å²) < 4.78 is 3.04. The Morgan fingerprint density at radius 2 is 2.04 bits per heavy atom. The molecule has 0 saturated carbocycles. The fourth-order valence-electron chi connectivity index (χ4n) is 3.06. The van der Waals surface area contributed by atoms with Gasteiger partial charge in [-0.05, 0) is 25.5 Å². The van der Waals surface area contributed by atoms with Crippen molar-refractivity contribution in [3.05, 3.63) is 44.6 Å². The summed E-state index contributed by atoms with van der Waals surface area (Å²) in [5, 5.41) is 9.45. The van der Waals surface area contributed by atoms with Gasteiger partial charge in [0.15, 0.2) is 6.19 Å². The number of hydrogen-bond acceptors (Lipinski definition) is 4. The fraction of sp³-hybridized carbons (Fsp3) is 0.471. The molecular formula is C17H20N4O2. The molecule has 1 aromatic heterocycles. The second kappa shape index (κ2) is 5.92. The maximum Gasteiger partial charge on any atom is 0.331 e. The molecule has 1 aromatic carbocycles. The number of aryl methyl sites for hydroxylation is 2. The molecule has 1 fully saturated rings. The van der Waals surface area contributed by atoms with E-state index in [-0.39, 0.29) is 17.3 Å². The molecule has 23 heavy (non-hydrogen) atoms. The fourth-order valence-corrected chi connectivity index (χ4v) is 3.06. The van der Waals surface area contributed by atoms with Crippen LogP contribution in [0.1, 0.15) is 31.4 Å². The summed E-state index contributed by atoms with van der Waals surface area (Å²) in [4.78, 5) is 27.2. The first kappa shape index (κ1) is 15.3. The molecule has 0 atom stereocenters. The second-order valence-corrected chi connectivity index (χ2v) is 6.14. The van der Waals surface area contributed by atoms with E-state index in [0.29, 0.717) is 30.5 Å². The van der Waals surface area contributed by atoms with E-state index in [2.05, 4.69) is 6.92 Å². The van der Waals surface area contributed by atoms with E-state index in [4.69, 9.17) is 5.26 Å². The quantitative estimate of drug-likeness (QED) is 0.804. The van der Waals surface area contributed by atoms with Crippen LogP contribution < -0.4 is 11.2 Å². The van der Waals surface area contributed by atoms with Gasteiger partial charge in [-0.25, -0.2) is 4.79 Å². The summed E-state index contributed by atoms with van der Waals surface area (Å²) in [6.07, 6.45) is 3.91. The van der Waals surface area contributed by atoms with Crippen molar-refractivity contribution in [3.63, 3.8) is 0 Å². The number of rotatable bonds is 4. The lowest BCUT2D eigenvalue weighted by Gasteiger charge is -2.35. The van der Waals surface area contributed by atoms with Gasteiger partial charge in [-0.1, -0.05) is 25.0 Å². The van der Waals surface area contributed by atoms with Crippen LogP contribution in [0.25, 0.3) is 10.9 Å². The molecule has 0 N–H and O–H groups in total. The minimum Gasteiger partial charge on any atom is -0.306 e. The van der Waals surface area contributed by atoms with Crippen molar-refractivity contribution >= 4 is 10.9 Å². The lowest BCUT2D eigenvalue weighted by Crippen LogP contribution is -2.53. The smallest absolute Gasteiger partial charge is 0.306 e. The van der Waals surface area contributed by atoms with Gasteiger partial charge in [0.1, 0.15) is 0 Å². The largest absolute Gasteiger partial charge is 0.331 e. The molecule has 6 heteroatoms. The Hall–Kier alpha value is -2.55. The highest BCUT2D eigenvalue weighted by atomic mass is 16.2. The number of fused-ring (bicyclic) bond motifs is 1. The summed E-state index contributed by atoms with van der Waals surface area (Å²) in [5.74, 6) is 0. The molecule has 3 rings (SSSR count). The van der Waals surface area contributed by atoms with Gasteiger partial charge in [0.2, 0.25) is 0 Å². The van der Waals surface area contributed by atoms with Gasteiger partial charge >= 0.3 is 5.69 Å². The van der Waals surface area contributed by atoms with Crippen LogP contribution in [0.3, 0.4) is 0 Å². The monoisotopic (exact) mass is 312 g/mol. The normalized spacial score (nSPS) is 14.7. The third-order valence-corrected chi connectivity index (χ3v) is 4.43. The minimum absolute atomic E-state index is 0.215. The van der Waals surface area contributed by atoms with Crippen LogP contribution in [0.5, 0.6) is 0 Å². The number of nitrogens with zero attached hydrogens (tertiary/aromatic N) is 4. The first-order chi connectivity index (χ1) is 11.1. The zero-order valence-corrected chi connectivity index (χ0v) is 13.5. The molecule has 2 heterocycles. The van der Waals surface area contributed by atoms with Gasteiger partial charge in [0.05, 0.1) is 30.0 Å². The second-order valence-electron chi connectivity index (χ2n) is 6.14. The molecular weight excluding hydrogens is 292 g/mol. The van der Waals surface area contributed by atoms with Crippen LogP contribution in [0.15, 0.2) is 27.8 Å². The highest BCUT2D eigenvalue weighted by Crippen LogP contribution is 2.19. The number of aromatic nitrogens is 2. The van der Waals surface area contributed by atoms with Crippen LogP contribution in [0.2, 0.25) is 0 Å². The van der Waals surface area contributed by atoms with Gasteiger partial charge < -0.3 is 4.90 Å². The van der Waals surface area contributed by atoms with E-state index in [1.807, 2.05) is 31.3 Å². The maximum absolute atomic E-state index is 12.8. The Kier molecular flexibility index (Phi) is 3.95. The lowest BCUT2D eigenvalue weighted by atomic mass is 10.1. The van der Waals surface area contributed by atoms with Gasteiger partial charge in [-0.15, -0.1) is 0 Å². The third-order valence-electron chi connectivity index (χ3n) is 4.43. The highest BCUT2D eigenvalue weighted by molar-refractivity contribution is 5.78. The highest BCUT2D eigenvalue weighted by Gasteiger charge is 2.31. The van der Waals surface area contributed by atoms with Crippen molar-refractivity contribution in [3.8, 4) is 6.19 Å². The van der Waals surface area contributed by atoms with Crippen molar-refractivity contribution in [2.24, 2.45) is 0 Å². The van der Waals surface area contributed by atoms with Gasteiger partial charge in [0.25, 0.3) is 5.56 Å². The molecule has 1 aliphatic rings. The predicted molar refractivity (Wildman–Crippen MR) is 88.3 cm³/mol. The van der Waals surface area contributed by atoms with E-state index in [9.17, 15) is 9.59 Å². The molecule has 0 bridgehead atoms. The Labute approximate surface area is 134 Å². The van der Waals surface area contributed by atoms with Crippen LogP contribution in [0, 0.1) is 18.4 Å². The first-order valence-corrected chi connectivity index (χ1v) is 7.97. The van der Waals surface area contributed by atoms with E-state index in [1.54, 1.807) is 9.47 Å². The number of hydrogen-bond donors (Lipinski definition) is 0. The van der Waals surface area contributed by atoms with E-state index in [0.717, 1.165) is 18.4 Å². The van der Waals surface area contributed by atoms with Crippen molar-refractivity contribution in [2.45, 2.75) is 39.3 Å². The molecule has 1 saturated heterocycles. The molecule has 2 aromatic rings. The van der Waals surface area contributed by atoms with Gasteiger partial charge in [-0.3, -0.25) is 13.9 Å². The molecule has 120 valence electrons. The summed E-state index contributed by atoms with van der Waals surface area (Å²) in [5.41, 5.74) is 1.19. The van der Waals surface area contributed by atoms with E-state index in [1.165, 1.54) is 4.57 Å². The Morgan fingerprint density at radius 1 is 1.30 bits per heavy atom.